The zero-order valence-electron chi connectivity index (χ0n) is 13.6. The molecule has 0 amide bonds. The normalized spacial score (nSPS) is 10.0. The summed E-state index contributed by atoms with van der Waals surface area (Å²) in [6.45, 7) is 10.5. The first-order valence-corrected chi connectivity index (χ1v) is 9.16. The molecule has 0 aliphatic rings. The number of thiocarbonyl (C=S) groups is 1. The number of halogens is 2. The fourth-order valence-electron chi connectivity index (χ4n) is 1.70. The van der Waals surface area contributed by atoms with E-state index < -0.39 is 11.1 Å². The molecular weight excluding hydrogens is 379 g/mol. The van der Waals surface area contributed by atoms with Gasteiger partial charge in [-0.25, -0.2) is 0 Å². The van der Waals surface area contributed by atoms with Crippen LogP contribution in [0.3, 0.4) is 0 Å². The summed E-state index contributed by atoms with van der Waals surface area (Å²) < 4.78 is 17.8. The van der Waals surface area contributed by atoms with Crippen LogP contribution in [0.25, 0.3) is 0 Å². The highest BCUT2D eigenvalue weighted by molar-refractivity contribution is 8.00. The molecule has 0 aliphatic heterocycles. The summed E-state index contributed by atoms with van der Waals surface area (Å²) in [5, 5.41) is 2.00. The molecule has 1 heterocycles. The molecule has 2 N–H and O–H groups in total. The third-order valence-corrected chi connectivity index (χ3v) is 4.84. The first-order chi connectivity index (χ1) is 10.8. The number of hydrogen-bond acceptors (Lipinski definition) is 5. The lowest BCUT2D eigenvalue weighted by Crippen LogP contribution is -3.11. The summed E-state index contributed by atoms with van der Waals surface area (Å²) in [5.74, 6) is -0.490. The topological polar surface area (TPSA) is 42.8 Å². The first-order valence-electron chi connectivity index (χ1n) is 7.15. The smallest absolute Gasteiger partial charge is 0.310 e. The lowest BCUT2D eigenvalue weighted by molar-refractivity contribution is -0.894. The predicted molar refractivity (Wildman–Crippen MR) is 101 cm³/mol. The Kier molecular flexibility index (Phi) is 11.6. The highest BCUT2D eigenvalue weighted by Crippen LogP contribution is 2.36. The van der Waals surface area contributed by atoms with E-state index in [9.17, 15) is 9.18 Å². The van der Waals surface area contributed by atoms with Crippen LogP contribution in [-0.4, -0.2) is 37.0 Å². The second-order valence-corrected chi connectivity index (χ2v) is 6.97. The average Bonchev–Trinajstić information content (AvgIpc) is 2.76. The molecule has 0 fully saturated rings. The fraction of sp³-hybridized carbons (Fsp3) is 0.571. The highest BCUT2D eigenvalue weighted by Gasteiger charge is 2.18. The number of thiophene rings is 1. The van der Waals surface area contributed by atoms with Crippen LogP contribution in [0.5, 0.6) is 0 Å². The zero-order valence-corrected chi connectivity index (χ0v) is 16.8. The predicted octanol–water partition coefficient (Wildman–Crippen LogP) is 2.43. The maximum Gasteiger partial charge on any atom is 0.310 e. The molecule has 0 spiro atoms. The summed E-state index contributed by atoms with van der Waals surface area (Å²) in [6, 6.07) is 0. The minimum absolute atomic E-state index is 0.0109. The van der Waals surface area contributed by atoms with Crippen molar-refractivity contribution in [3.05, 3.63) is 15.0 Å². The van der Waals surface area contributed by atoms with Crippen molar-refractivity contribution in [2.45, 2.75) is 27.2 Å². The van der Waals surface area contributed by atoms with Crippen molar-refractivity contribution < 1.29 is 18.8 Å². The molecule has 0 unspecified atom stereocenters. The molecule has 0 bridgehead atoms. The molecular formula is C14H22ClFN2O2S3. The molecule has 0 saturated heterocycles. The molecule has 0 aromatic carbocycles. The monoisotopic (exact) mass is 400 g/mol. The summed E-state index contributed by atoms with van der Waals surface area (Å²) in [5.41, 5.74) is 0.0190. The Bertz CT molecular complexity index is 517. The van der Waals surface area contributed by atoms with Crippen molar-refractivity contribution in [2.24, 2.45) is 0 Å². The molecule has 4 nitrogen and oxygen atoms in total. The van der Waals surface area contributed by atoms with Crippen LogP contribution in [0.15, 0.2) is 0 Å². The van der Waals surface area contributed by atoms with Crippen molar-refractivity contribution in [3.63, 3.8) is 0 Å². The molecule has 9 heteroatoms. The number of hydrogen-bond donors (Lipinski definition) is 2. The Morgan fingerprint density at radius 1 is 1.39 bits per heavy atom. The van der Waals surface area contributed by atoms with E-state index in [0.717, 1.165) is 11.3 Å². The van der Waals surface area contributed by atoms with Crippen LogP contribution in [0, 0.1) is 5.13 Å². The first kappa shape index (κ1) is 22.5. The number of carbonyl (C=O) groups is 1. The lowest BCUT2D eigenvalue weighted by Gasteiger charge is -2.10. The Hall–Kier alpha value is -0.540. The molecule has 0 saturated carbocycles. The van der Waals surface area contributed by atoms with E-state index in [2.05, 4.69) is 55.7 Å². The number of rotatable bonds is 6. The summed E-state index contributed by atoms with van der Waals surface area (Å²) in [4.78, 5) is 13.1. The van der Waals surface area contributed by atoms with Crippen molar-refractivity contribution in [3.8, 4) is 0 Å². The number of anilines is 1. The minimum atomic E-state index is -0.559. The van der Waals surface area contributed by atoms with Crippen LogP contribution in [0.4, 0.5) is 10.1 Å². The maximum atomic E-state index is 13.4. The molecule has 1 aromatic rings. The number of quaternary nitrogens is 1. The van der Waals surface area contributed by atoms with Gasteiger partial charge in [-0.05, 0) is 20.8 Å². The van der Waals surface area contributed by atoms with Crippen molar-refractivity contribution in [1.82, 2.24) is 0 Å². The molecule has 1 rings (SSSR count). The van der Waals surface area contributed by atoms with Crippen molar-refractivity contribution in [1.29, 1.82) is 0 Å². The third kappa shape index (κ3) is 8.21. The molecule has 0 atom stereocenters. The van der Waals surface area contributed by atoms with Crippen LogP contribution in [0.2, 0.25) is 5.02 Å². The molecule has 0 aliphatic carbocycles. The van der Waals surface area contributed by atoms with Gasteiger partial charge in [0.15, 0.2) is 0 Å². The van der Waals surface area contributed by atoms with Crippen LogP contribution >= 0.6 is 35.2 Å². The van der Waals surface area contributed by atoms with Gasteiger partial charge < -0.3 is 39.8 Å². The van der Waals surface area contributed by atoms with Gasteiger partial charge in [-0.3, -0.25) is 4.79 Å². The van der Waals surface area contributed by atoms with Gasteiger partial charge in [0, 0.05) is 4.88 Å². The molecule has 1 aromatic heterocycles. The number of esters is 1. The van der Waals surface area contributed by atoms with E-state index in [1.165, 1.54) is 26.7 Å². The fourth-order valence-corrected chi connectivity index (χ4v) is 3.13. The summed E-state index contributed by atoms with van der Waals surface area (Å²) >= 11 is 15.8. The number of carbonyl (C=O) groups excluding carboxylic acids is 1. The number of ether oxygens (including phenoxy) is 1. The SMILES string of the molecule is CC[NH+](CC)CC.COC(=O)Cc1sc(F)c(NC(=S)[S-])c1Cl. The minimum Gasteiger partial charge on any atom is -0.469 e. The van der Waals surface area contributed by atoms with Crippen LogP contribution in [0.1, 0.15) is 25.6 Å². The van der Waals surface area contributed by atoms with E-state index in [4.69, 9.17) is 11.6 Å². The summed E-state index contributed by atoms with van der Waals surface area (Å²) in [7, 11) is 1.25. The van der Waals surface area contributed by atoms with Gasteiger partial charge in [0.25, 0.3) is 0 Å². The third-order valence-electron chi connectivity index (χ3n) is 3.13. The summed E-state index contributed by atoms with van der Waals surface area (Å²) in [6.07, 6.45) is -0.0806. The van der Waals surface area contributed by atoms with Gasteiger partial charge in [-0.1, -0.05) is 15.9 Å². The number of methoxy groups -OCH3 is 1. The Morgan fingerprint density at radius 2 is 1.91 bits per heavy atom. The quantitative estimate of drug-likeness (QED) is 0.436. The second kappa shape index (κ2) is 11.9. The van der Waals surface area contributed by atoms with E-state index in [-0.39, 0.29) is 21.5 Å². The van der Waals surface area contributed by atoms with E-state index in [0.29, 0.717) is 4.88 Å². The van der Waals surface area contributed by atoms with Gasteiger partial charge in [0.1, 0.15) is 5.69 Å². The average molecular weight is 401 g/mol. The van der Waals surface area contributed by atoms with Gasteiger partial charge in [-0.15, -0.1) is 11.3 Å². The van der Waals surface area contributed by atoms with Crippen LogP contribution in [-0.2, 0) is 28.6 Å². The van der Waals surface area contributed by atoms with E-state index in [1.807, 2.05) is 0 Å². The standard InChI is InChI=1S/C8H7ClFNO2S3.C6H15N/c1-13-4(12)2-3-5(9)6(7(10)16-3)11-8(14)15;1-4-7(5-2)6-3/h2H2,1H3,(H2,11,14,15);4-6H2,1-3H3. The van der Waals surface area contributed by atoms with Crippen LogP contribution < -0.4 is 10.2 Å². The largest absolute Gasteiger partial charge is 0.469 e. The highest BCUT2D eigenvalue weighted by atomic mass is 35.5. The molecule has 0 radical (unpaired) electrons. The van der Waals surface area contributed by atoms with Gasteiger partial charge in [-0.2, -0.15) is 4.39 Å². The van der Waals surface area contributed by atoms with Gasteiger partial charge >= 0.3 is 5.97 Å². The Labute approximate surface area is 156 Å². The zero-order chi connectivity index (χ0) is 18.0. The molecule has 23 heavy (non-hydrogen) atoms. The van der Waals surface area contributed by atoms with Crippen molar-refractivity contribution >= 4 is 63.8 Å². The Balaban J connectivity index is 0.000000585. The van der Waals surface area contributed by atoms with Gasteiger partial charge in [0.05, 0.1) is 38.2 Å². The lowest BCUT2D eigenvalue weighted by atomic mass is 10.3. The van der Waals surface area contributed by atoms with E-state index in [1.54, 1.807) is 4.90 Å². The number of nitrogens with one attached hydrogen (secondary N) is 2. The van der Waals surface area contributed by atoms with E-state index >= 15 is 0 Å². The second-order valence-electron chi connectivity index (χ2n) is 4.46. The van der Waals surface area contributed by atoms with Crippen molar-refractivity contribution in [2.75, 3.05) is 32.1 Å². The molecule has 132 valence electrons. The van der Waals surface area contributed by atoms with Gasteiger partial charge in [0.2, 0.25) is 5.13 Å². The Morgan fingerprint density at radius 3 is 2.26 bits per heavy atom. The maximum absolute atomic E-state index is 13.4.